The molecule has 5 rings (SSSR count). The maximum Gasteiger partial charge on any atom is 0.243 e. The van der Waals surface area contributed by atoms with E-state index in [0.29, 0.717) is 35.4 Å². The molecule has 0 aliphatic carbocycles. The van der Waals surface area contributed by atoms with Crippen LogP contribution in [0.15, 0.2) is 55.4 Å². The van der Waals surface area contributed by atoms with Crippen molar-refractivity contribution < 1.29 is 19.1 Å². The number of likely N-dealkylation sites (N-methyl/N-ethyl adjacent to an activating group) is 1. The summed E-state index contributed by atoms with van der Waals surface area (Å²) in [7, 11) is 3.53. The molecule has 0 unspecified atom stereocenters. The molecule has 11 heteroatoms. The van der Waals surface area contributed by atoms with Gasteiger partial charge in [-0.2, -0.15) is 0 Å². The first-order valence-electron chi connectivity index (χ1n) is 15.3. The Morgan fingerprint density at radius 1 is 1.17 bits per heavy atom. The maximum atomic E-state index is 11.1. The minimum Gasteiger partial charge on any atom is -0.493 e. The van der Waals surface area contributed by atoms with Crippen molar-refractivity contribution in [2.45, 2.75) is 40.5 Å². The molecule has 1 saturated heterocycles. The summed E-state index contributed by atoms with van der Waals surface area (Å²) in [6.07, 6.45) is 5.31. The van der Waals surface area contributed by atoms with Crippen LogP contribution in [0.3, 0.4) is 0 Å². The SMILES string of the molecule is C=CC(=O)NCC.CC.COc1cc(-c2c(C#CC3CCN(C=O)CC3)n(C)c3ncnc(N)c23)ccc1Oc1cccc(C)n1. The van der Waals surface area contributed by atoms with Gasteiger partial charge in [-0.25, -0.2) is 15.0 Å². The molecule has 1 fully saturated rings. The first kappa shape index (κ1) is 35.1. The predicted molar refractivity (Wildman–Crippen MR) is 181 cm³/mol. The number of pyridine rings is 1. The maximum absolute atomic E-state index is 11.1. The summed E-state index contributed by atoms with van der Waals surface area (Å²) < 4.78 is 13.6. The molecule has 46 heavy (non-hydrogen) atoms. The number of piperidine rings is 1. The number of hydrogen-bond donors (Lipinski definition) is 2. The predicted octanol–water partition coefficient (Wildman–Crippen LogP) is 5.28. The number of amides is 2. The third-order valence-corrected chi connectivity index (χ3v) is 7.14. The van der Waals surface area contributed by atoms with E-state index in [-0.39, 0.29) is 11.8 Å². The number of rotatable bonds is 7. The molecule has 1 aromatic carbocycles. The van der Waals surface area contributed by atoms with Crippen LogP contribution in [-0.2, 0) is 16.6 Å². The highest BCUT2D eigenvalue weighted by Crippen LogP contribution is 2.40. The fraction of sp³-hybridized carbons (Fsp3) is 0.343. The first-order chi connectivity index (χ1) is 22.3. The van der Waals surface area contributed by atoms with Crippen LogP contribution in [0.4, 0.5) is 5.82 Å². The number of hydrogen-bond acceptors (Lipinski definition) is 8. The highest BCUT2D eigenvalue weighted by atomic mass is 16.5. The molecule has 0 atom stereocenters. The molecule has 3 aromatic heterocycles. The molecule has 0 bridgehead atoms. The number of aryl methyl sites for hydroxylation is 2. The van der Waals surface area contributed by atoms with Gasteiger partial charge in [0, 0.05) is 49.9 Å². The molecule has 3 N–H and O–H groups in total. The van der Waals surface area contributed by atoms with Crippen LogP contribution in [0, 0.1) is 24.7 Å². The van der Waals surface area contributed by atoms with Crippen molar-refractivity contribution in [3.63, 3.8) is 0 Å². The largest absolute Gasteiger partial charge is 0.493 e. The van der Waals surface area contributed by atoms with Gasteiger partial charge >= 0.3 is 0 Å². The molecule has 2 amide bonds. The zero-order valence-corrected chi connectivity index (χ0v) is 27.5. The number of nitrogen functional groups attached to an aromatic ring is 1. The number of nitrogens with zero attached hydrogens (tertiary/aromatic N) is 5. The number of ether oxygens (including phenoxy) is 2. The fourth-order valence-electron chi connectivity index (χ4n) is 4.86. The van der Waals surface area contributed by atoms with E-state index in [1.807, 2.05) is 69.6 Å². The van der Waals surface area contributed by atoms with E-state index in [4.69, 9.17) is 15.2 Å². The summed E-state index contributed by atoms with van der Waals surface area (Å²) in [5.74, 6) is 8.88. The molecule has 4 aromatic rings. The smallest absolute Gasteiger partial charge is 0.243 e. The van der Waals surface area contributed by atoms with Crippen LogP contribution in [0.25, 0.3) is 22.2 Å². The Hall–Kier alpha value is -5.37. The highest BCUT2D eigenvalue weighted by molar-refractivity contribution is 6.03. The Morgan fingerprint density at radius 3 is 2.52 bits per heavy atom. The van der Waals surface area contributed by atoms with Gasteiger partial charge in [0.25, 0.3) is 0 Å². The van der Waals surface area contributed by atoms with Crippen molar-refractivity contribution in [3.8, 4) is 40.3 Å². The second-order valence-electron chi connectivity index (χ2n) is 10.1. The molecule has 0 radical (unpaired) electrons. The van der Waals surface area contributed by atoms with Crippen molar-refractivity contribution in [1.82, 2.24) is 29.7 Å². The number of anilines is 1. The van der Waals surface area contributed by atoms with E-state index in [2.05, 4.69) is 38.7 Å². The first-order valence-corrected chi connectivity index (χ1v) is 15.3. The third kappa shape index (κ3) is 8.63. The van der Waals surface area contributed by atoms with Crippen molar-refractivity contribution in [2.24, 2.45) is 13.0 Å². The molecule has 4 heterocycles. The van der Waals surface area contributed by atoms with Gasteiger partial charge in [-0.05, 0) is 62.4 Å². The summed E-state index contributed by atoms with van der Waals surface area (Å²) in [5, 5.41) is 3.28. The summed E-state index contributed by atoms with van der Waals surface area (Å²) in [6, 6.07) is 11.3. The van der Waals surface area contributed by atoms with Gasteiger partial charge in [0.05, 0.1) is 12.5 Å². The van der Waals surface area contributed by atoms with Crippen molar-refractivity contribution in [2.75, 3.05) is 32.5 Å². The van der Waals surface area contributed by atoms with Crippen LogP contribution in [0.2, 0.25) is 0 Å². The average Bonchev–Trinajstić information content (AvgIpc) is 3.37. The molecule has 1 aliphatic heterocycles. The second kappa shape index (κ2) is 17.2. The minimum absolute atomic E-state index is 0.109. The number of likely N-dealkylation sites (tertiary alicyclic amines) is 1. The standard InChI is InChI=1S/C28H28N6O3.C5H9NO.C2H6/c1-18-5-4-6-24(32-18)37-22-10-8-20(15-23(22)36-3)25-21(9-7-19-11-13-34(17-35)14-12-19)33(2)28-26(25)27(29)30-16-31-28;1-3-5(7)6-4-2;1-2/h4-6,8,10,15-17,19H,11-14H2,1-3H3,(H2,29,30,31);3H,1,4H2,2H3,(H,6,7);1-2H3. The van der Waals surface area contributed by atoms with Gasteiger partial charge in [-0.3, -0.25) is 9.59 Å². The lowest BCUT2D eigenvalue weighted by atomic mass is 9.97. The number of methoxy groups -OCH3 is 1. The lowest BCUT2D eigenvalue weighted by Crippen LogP contribution is -2.31. The lowest BCUT2D eigenvalue weighted by molar-refractivity contribution is -0.119. The van der Waals surface area contributed by atoms with E-state index in [1.165, 1.54) is 12.4 Å². The monoisotopic (exact) mass is 625 g/mol. The minimum atomic E-state index is -0.109. The van der Waals surface area contributed by atoms with E-state index in [1.54, 1.807) is 18.1 Å². The zero-order chi connectivity index (χ0) is 33.6. The number of fused-ring (bicyclic) bond motifs is 1. The van der Waals surface area contributed by atoms with Gasteiger partial charge in [0.2, 0.25) is 18.2 Å². The topological polar surface area (TPSA) is 137 Å². The van der Waals surface area contributed by atoms with Gasteiger partial charge in [-0.15, -0.1) is 0 Å². The summed E-state index contributed by atoms with van der Waals surface area (Å²) in [5.41, 5.74) is 10.4. The normalized spacial score (nSPS) is 12.3. The van der Waals surface area contributed by atoms with E-state index >= 15 is 0 Å². The molecular formula is C35H43N7O4. The molecule has 0 saturated carbocycles. The lowest BCUT2D eigenvalue weighted by Gasteiger charge is -2.26. The Labute approximate surface area is 270 Å². The molecular weight excluding hydrogens is 582 g/mol. The van der Waals surface area contributed by atoms with Crippen molar-refractivity contribution in [3.05, 3.63) is 66.8 Å². The molecule has 1 aliphatic rings. The number of nitrogens with two attached hydrogens (primary N) is 1. The third-order valence-electron chi connectivity index (χ3n) is 7.14. The quantitative estimate of drug-likeness (QED) is 0.161. The van der Waals surface area contributed by atoms with Crippen LogP contribution in [0.1, 0.15) is 45.0 Å². The van der Waals surface area contributed by atoms with Crippen molar-refractivity contribution >= 4 is 29.2 Å². The number of aromatic nitrogens is 4. The van der Waals surface area contributed by atoms with Crippen LogP contribution in [0.5, 0.6) is 17.4 Å². The van der Waals surface area contributed by atoms with Gasteiger partial charge in [0.1, 0.15) is 23.5 Å². The van der Waals surface area contributed by atoms with E-state index in [0.717, 1.165) is 60.2 Å². The van der Waals surface area contributed by atoms with Gasteiger partial charge < -0.3 is 30.0 Å². The Kier molecular flexibility index (Phi) is 13.1. The highest BCUT2D eigenvalue weighted by Gasteiger charge is 2.22. The number of nitrogens with one attached hydrogen (secondary N) is 1. The van der Waals surface area contributed by atoms with Gasteiger partial charge in [-0.1, -0.05) is 38.5 Å². The summed E-state index contributed by atoms with van der Waals surface area (Å²) in [6.45, 7) is 13.2. The van der Waals surface area contributed by atoms with E-state index < -0.39 is 0 Å². The van der Waals surface area contributed by atoms with E-state index in [9.17, 15) is 9.59 Å². The fourth-order valence-corrected chi connectivity index (χ4v) is 4.86. The number of benzene rings is 1. The number of carbonyl (C=O) groups is 2. The van der Waals surface area contributed by atoms with Crippen LogP contribution < -0.4 is 20.5 Å². The van der Waals surface area contributed by atoms with Crippen molar-refractivity contribution in [1.29, 1.82) is 0 Å². The molecule has 242 valence electrons. The second-order valence-corrected chi connectivity index (χ2v) is 10.1. The Balaban J connectivity index is 0.000000568. The number of carbonyl (C=O) groups excluding carboxylic acids is 2. The zero-order valence-electron chi connectivity index (χ0n) is 27.5. The molecule has 11 nitrogen and oxygen atoms in total. The Morgan fingerprint density at radius 2 is 1.91 bits per heavy atom. The molecule has 0 spiro atoms. The van der Waals surface area contributed by atoms with Crippen LogP contribution >= 0.6 is 0 Å². The Bertz CT molecular complexity index is 1710. The van der Waals surface area contributed by atoms with Gasteiger partial charge in [0.15, 0.2) is 11.5 Å². The summed E-state index contributed by atoms with van der Waals surface area (Å²) >= 11 is 0. The summed E-state index contributed by atoms with van der Waals surface area (Å²) in [4.78, 5) is 36.2. The average molecular weight is 626 g/mol. The van der Waals surface area contributed by atoms with Crippen LogP contribution in [-0.4, -0.2) is 63.5 Å².